The fraction of sp³-hybridized carbons (Fsp3) is 0.500. The van der Waals surface area contributed by atoms with Gasteiger partial charge in [-0.15, -0.1) is 0 Å². The fourth-order valence-corrected chi connectivity index (χ4v) is 1.25. The van der Waals surface area contributed by atoms with E-state index in [0.29, 0.717) is 13.1 Å². The van der Waals surface area contributed by atoms with Crippen LogP contribution in [0.1, 0.15) is 13.8 Å². The van der Waals surface area contributed by atoms with Gasteiger partial charge in [0.15, 0.2) is 5.82 Å². The number of carbonyl (C=O) groups excluding carboxylic acids is 1. The van der Waals surface area contributed by atoms with E-state index in [1.165, 1.54) is 0 Å². The minimum atomic E-state index is -0.499. The van der Waals surface area contributed by atoms with Crippen molar-refractivity contribution >= 4 is 11.9 Å². The normalized spacial score (nSPS) is 9.94. The molecule has 88 valence electrons. The standard InChI is InChI=1S/C10H15FN4O/c1-3-15(4-2)9(16)7-14-10-12-5-8(11)6-13-10/h5-6H,3-4,7H2,1-2H3,(H,12,13,14). The second kappa shape index (κ2) is 5.99. The Hall–Kier alpha value is -1.72. The maximum absolute atomic E-state index is 12.5. The van der Waals surface area contributed by atoms with Gasteiger partial charge in [-0.1, -0.05) is 0 Å². The lowest BCUT2D eigenvalue weighted by Gasteiger charge is -2.18. The first-order valence-corrected chi connectivity index (χ1v) is 5.16. The lowest BCUT2D eigenvalue weighted by atomic mass is 10.4. The van der Waals surface area contributed by atoms with Gasteiger partial charge in [0.1, 0.15) is 0 Å². The average molecular weight is 226 g/mol. The smallest absolute Gasteiger partial charge is 0.241 e. The van der Waals surface area contributed by atoms with Crippen molar-refractivity contribution in [2.45, 2.75) is 13.8 Å². The molecule has 0 atom stereocenters. The van der Waals surface area contributed by atoms with E-state index in [4.69, 9.17) is 0 Å². The fourth-order valence-electron chi connectivity index (χ4n) is 1.25. The van der Waals surface area contributed by atoms with Crippen molar-refractivity contribution in [3.8, 4) is 0 Å². The van der Waals surface area contributed by atoms with Crippen molar-refractivity contribution in [2.24, 2.45) is 0 Å². The zero-order valence-electron chi connectivity index (χ0n) is 9.40. The second-order valence-corrected chi connectivity index (χ2v) is 3.14. The van der Waals surface area contributed by atoms with Gasteiger partial charge in [-0.05, 0) is 13.8 Å². The van der Waals surface area contributed by atoms with Gasteiger partial charge in [-0.3, -0.25) is 4.79 Å². The highest BCUT2D eigenvalue weighted by molar-refractivity contribution is 5.80. The maximum Gasteiger partial charge on any atom is 0.241 e. The van der Waals surface area contributed by atoms with Crippen molar-refractivity contribution in [1.82, 2.24) is 14.9 Å². The number of rotatable bonds is 5. The molecule has 0 unspecified atom stereocenters. The van der Waals surface area contributed by atoms with Crippen LogP contribution < -0.4 is 5.32 Å². The van der Waals surface area contributed by atoms with Crippen molar-refractivity contribution in [1.29, 1.82) is 0 Å². The molecule has 0 aliphatic heterocycles. The summed E-state index contributed by atoms with van der Waals surface area (Å²) in [5.41, 5.74) is 0. The highest BCUT2D eigenvalue weighted by Crippen LogP contribution is 1.98. The van der Waals surface area contributed by atoms with Crippen molar-refractivity contribution in [2.75, 3.05) is 25.0 Å². The molecule has 0 saturated heterocycles. The molecule has 0 aliphatic carbocycles. The molecule has 1 rings (SSSR count). The molecule has 1 aromatic heterocycles. The van der Waals surface area contributed by atoms with E-state index >= 15 is 0 Å². The predicted molar refractivity (Wildman–Crippen MR) is 58.4 cm³/mol. The molecule has 1 amide bonds. The zero-order valence-corrected chi connectivity index (χ0v) is 9.40. The second-order valence-electron chi connectivity index (χ2n) is 3.14. The van der Waals surface area contributed by atoms with Crippen LogP contribution in [0.3, 0.4) is 0 Å². The largest absolute Gasteiger partial charge is 0.345 e. The number of halogens is 1. The first-order chi connectivity index (χ1) is 7.67. The minimum Gasteiger partial charge on any atom is -0.345 e. The van der Waals surface area contributed by atoms with Gasteiger partial charge in [0, 0.05) is 13.1 Å². The van der Waals surface area contributed by atoms with Gasteiger partial charge in [0.25, 0.3) is 0 Å². The summed E-state index contributed by atoms with van der Waals surface area (Å²) >= 11 is 0. The third-order valence-electron chi connectivity index (χ3n) is 2.13. The molecule has 1 N–H and O–H groups in total. The number of aromatic nitrogens is 2. The van der Waals surface area contributed by atoms with E-state index in [-0.39, 0.29) is 18.4 Å². The van der Waals surface area contributed by atoms with Gasteiger partial charge >= 0.3 is 0 Å². The Morgan fingerprint density at radius 3 is 2.44 bits per heavy atom. The van der Waals surface area contributed by atoms with Crippen LogP contribution in [-0.2, 0) is 4.79 Å². The predicted octanol–water partition coefficient (Wildman–Crippen LogP) is 0.896. The molecule has 5 nitrogen and oxygen atoms in total. The number of nitrogens with zero attached hydrogens (tertiary/aromatic N) is 3. The summed E-state index contributed by atoms with van der Waals surface area (Å²) in [4.78, 5) is 20.7. The number of hydrogen-bond acceptors (Lipinski definition) is 4. The van der Waals surface area contributed by atoms with Gasteiger partial charge in [0.05, 0.1) is 18.9 Å². The Kier molecular flexibility index (Phi) is 4.63. The van der Waals surface area contributed by atoms with Crippen LogP contribution in [0.15, 0.2) is 12.4 Å². The lowest BCUT2D eigenvalue weighted by Crippen LogP contribution is -2.35. The Balaban J connectivity index is 2.45. The molecular weight excluding hydrogens is 211 g/mol. The molecule has 0 fully saturated rings. The zero-order chi connectivity index (χ0) is 12.0. The van der Waals surface area contributed by atoms with Crippen molar-refractivity contribution < 1.29 is 9.18 Å². The van der Waals surface area contributed by atoms with E-state index in [2.05, 4.69) is 15.3 Å². The van der Waals surface area contributed by atoms with E-state index in [1.54, 1.807) is 4.90 Å². The molecular formula is C10H15FN4O. The number of nitrogens with one attached hydrogen (secondary N) is 1. The third-order valence-corrected chi connectivity index (χ3v) is 2.13. The number of hydrogen-bond donors (Lipinski definition) is 1. The molecule has 6 heteroatoms. The molecule has 1 aromatic rings. The molecule has 0 saturated carbocycles. The summed E-state index contributed by atoms with van der Waals surface area (Å²) in [6.45, 7) is 5.28. The van der Waals surface area contributed by atoms with Crippen LogP contribution in [-0.4, -0.2) is 40.4 Å². The highest BCUT2D eigenvalue weighted by atomic mass is 19.1. The third kappa shape index (κ3) is 3.45. The maximum atomic E-state index is 12.5. The SMILES string of the molecule is CCN(CC)C(=O)CNc1ncc(F)cn1. The molecule has 1 heterocycles. The molecule has 0 aromatic carbocycles. The highest BCUT2D eigenvalue weighted by Gasteiger charge is 2.09. The summed E-state index contributed by atoms with van der Waals surface area (Å²) in [6.07, 6.45) is 2.11. The van der Waals surface area contributed by atoms with Gasteiger partial charge in [0.2, 0.25) is 11.9 Å². The molecule has 16 heavy (non-hydrogen) atoms. The van der Waals surface area contributed by atoms with Gasteiger partial charge < -0.3 is 10.2 Å². The monoisotopic (exact) mass is 226 g/mol. The van der Waals surface area contributed by atoms with E-state index in [0.717, 1.165) is 12.4 Å². The van der Waals surface area contributed by atoms with Crippen molar-refractivity contribution in [3.63, 3.8) is 0 Å². The van der Waals surface area contributed by atoms with Crippen molar-refractivity contribution in [3.05, 3.63) is 18.2 Å². The summed E-state index contributed by atoms with van der Waals surface area (Å²) in [5, 5.41) is 2.74. The van der Waals surface area contributed by atoms with Crippen LogP contribution in [0.4, 0.5) is 10.3 Å². The Bertz CT molecular complexity index is 337. The number of carbonyl (C=O) groups is 1. The molecule has 0 bridgehead atoms. The molecule has 0 spiro atoms. The Labute approximate surface area is 93.7 Å². The van der Waals surface area contributed by atoms with Crippen LogP contribution >= 0.6 is 0 Å². The number of likely N-dealkylation sites (N-methyl/N-ethyl adjacent to an activating group) is 1. The molecule has 0 aliphatic rings. The molecule has 0 radical (unpaired) electrons. The number of amides is 1. The summed E-state index contributed by atoms with van der Waals surface area (Å²) < 4.78 is 12.5. The van der Waals surface area contributed by atoms with Crippen LogP contribution in [0.5, 0.6) is 0 Å². The first-order valence-electron chi connectivity index (χ1n) is 5.16. The minimum absolute atomic E-state index is 0.0297. The van der Waals surface area contributed by atoms with Gasteiger partial charge in [-0.2, -0.15) is 0 Å². The Morgan fingerprint density at radius 2 is 1.94 bits per heavy atom. The summed E-state index contributed by atoms with van der Waals surface area (Å²) in [6, 6.07) is 0. The van der Waals surface area contributed by atoms with Gasteiger partial charge in [-0.25, -0.2) is 14.4 Å². The topological polar surface area (TPSA) is 58.1 Å². The summed E-state index contributed by atoms with van der Waals surface area (Å²) in [5.74, 6) is -0.277. The summed E-state index contributed by atoms with van der Waals surface area (Å²) in [7, 11) is 0. The number of anilines is 1. The van der Waals surface area contributed by atoms with Crippen LogP contribution in [0, 0.1) is 5.82 Å². The van der Waals surface area contributed by atoms with Crippen LogP contribution in [0.25, 0.3) is 0 Å². The lowest BCUT2D eigenvalue weighted by molar-refractivity contribution is -0.128. The Morgan fingerprint density at radius 1 is 1.38 bits per heavy atom. The van der Waals surface area contributed by atoms with E-state index < -0.39 is 5.82 Å². The first kappa shape index (κ1) is 12.4. The van der Waals surface area contributed by atoms with Crippen LogP contribution in [0.2, 0.25) is 0 Å². The van der Waals surface area contributed by atoms with E-state index in [1.807, 2.05) is 13.8 Å². The average Bonchev–Trinajstić information content (AvgIpc) is 2.30. The van der Waals surface area contributed by atoms with E-state index in [9.17, 15) is 9.18 Å². The quantitative estimate of drug-likeness (QED) is 0.810.